The molecule has 0 aliphatic heterocycles. The van der Waals surface area contributed by atoms with Gasteiger partial charge >= 0.3 is 0 Å². The highest BCUT2D eigenvalue weighted by Gasteiger charge is 2.18. The minimum Gasteiger partial charge on any atom is -0.396 e. The Labute approximate surface area is 129 Å². The average molecular weight is 323 g/mol. The van der Waals surface area contributed by atoms with Gasteiger partial charge in [-0.25, -0.2) is 17.5 Å². The fourth-order valence-electron chi connectivity index (χ4n) is 2.09. The lowest BCUT2D eigenvalue weighted by atomic mass is 10.1. The fraction of sp³-hybridized carbons (Fsp3) is 0.250. The number of nitrogens with one attached hydrogen (secondary N) is 1. The first-order valence-electron chi connectivity index (χ1n) is 7.00. The Bertz CT molecular complexity index is 714. The van der Waals surface area contributed by atoms with Crippen molar-refractivity contribution in [1.82, 2.24) is 4.72 Å². The molecule has 0 radical (unpaired) electrons. The van der Waals surface area contributed by atoms with E-state index in [2.05, 4.69) is 4.72 Å². The molecule has 4 nitrogen and oxygen atoms in total. The van der Waals surface area contributed by atoms with Crippen molar-refractivity contribution < 1.29 is 17.9 Å². The normalized spacial score (nSPS) is 11.5. The van der Waals surface area contributed by atoms with Gasteiger partial charge in [-0.05, 0) is 36.6 Å². The van der Waals surface area contributed by atoms with Crippen molar-refractivity contribution in [3.8, 4) is 11.1 Å². The second-order valence-corrected chi connectivity index (χ2v) is 6.57. The van der Waals surface area contributed by atoms with Gasteiger partial charge in [0, 0.05) is 18.7 Å². The molecule has 0 saturated carbocycles. The van der Waals surface area contributed by atoms with Crippen molar-refractivity contribution in [2.45, 2.75) is 17.7 Å². The number of hydrogen-bond donors (Lipinski definition) is 2. The summed E-state index contributed by atoms with van der Waals surface area (Å²) in [6.07, 6.45) is 1.11. The Hall–Kier alpha value is -1.76. The van der Waals surface area contributed by atoms with E-state index in [9.17, 15) is 12.8 Å². The van der Waals surface area contributed by atoms with E-state index in [0.717, 1.165) is 0 Å². The number of benzene rings is 2. The number of sulfonamides is 1. The van der Waals surface area contributed by atoms with Gasteiger partial charge in [0.25, 0.3) is 0 Å². The molecule has 0 fully saturated rings. The summed E-state index contributed by atoms with van der Waals surface area (Å²) in [6, 6.07) is 12.3. The average Bonchev–Trinajstić information content (AvgIpc) is 2.52. The number of halogens is 1. The fourth-order valence-corrected chi connectivity index (χ4v) is 3.39. The van der Waals surface area contributed by atoms with Crippen LogP contribution in [0.2, 0.25) is 0 Å². The molecular formula is C16H18FNO3S. The van der Waals surface area contributed by atoms with Crippen LogP contribution in [0.5, 0.6) is 0 Å². The number of rotatable bonds is 7. The van der Waals surface area contributed by atoms with Crippen LogP contribution < -0.4 is 4.72 Å². The summed E-state index contributed by atoms with van der Waals surface area (Å²) in [5.41, 5.74) is 1.16. The van der Waals surface area contributed by atoms with Crippen LogP contribution in [-0.4, -0.2) is 26.7 Å². The third-order valence-corrected chi connectivity index (χ3v) is 4.73. The van der Waals surface area contributed by atoms with Crippen LogP contribution in [-0.2, 0) is 10.0 Å². The Balaban J connectivity index is 2.29. The zero-order valence-corrected chi connectivity index (χ0v) is 12.8. The van der Waals surface area contributed by atoms with E-state index < -0.39 is 10.0 Å². The standard InChI is InChI=1S/C16H18FNO3S/c17-14-9-7-13(8-10-14)15-5-1-2-6-16(15)22(20,21)18-11-3-4-12-19/h1-2,5-10,18-19H,3-4,11-12H2. The second kappa shape index (κ2) is 7.49. The van der Waals surface area contributed by atoms with Crippen LogP contribution >= 0.6 is 0 Å². The highest BCUT2D eigenvalue weighted by atomic mass is 32.2. The first-order valence-corrected chi connectivity index (χ1v) is 8.48. The van der Waals surface area contributed by atoms with Crippen molar-refractivity contribution in [1.29, 1.82) is 0 Å². The predicted octanol–water partition coefficient (Wildman–Crippen LogP) is 2.54. The highest BCUT2D eigenvalue weighted by molar-refractivity contribution is 7.89. The first kappa shape index (κ1) is 16.6. The topological polar surface area (TPSA) is 66.4 Å². The Morgan fingerprint density at radius 2 is 1.68 bits per heavy atom. The summed E-state index contributed by atoms with van der Waals surface area (Å²) in [4.78, 5) is 0.158. The van der Waals surface area contributed by atoms with Crippen LogP contribution in [0.4, 0.5) is 4.39 Å². The zero-order valence-electron chi connectivity index (χ0n) is 12.0. The van der Waals surface area contributed by atoms with Crippen LogP contribution in [0.25, 0.3) is 11.1 Å². The molecule has 0 spiro atoms. The molecule has 0 amide bonds. The molecule has 2 N–H and O–H groups in total. The van der Waals surface area contributed by atoms with E-state index in [1.807, 2.05) is 0 Å². The lowest BCUT2D eigenvalue weighted by molar-refractivity contribution is 0.285. The molecule has 2 aromatic rings. The summed E-state index contributed by atoms with van der Waals surface area (Å²) in [5.74, 6) is -0.369. The molecule has 0 bridgehead atoms. The maximum Gasteiger partial charge on any atom is 0.241 e. The second-order valence-electron chi connectivity index (χ2n) is 4.83. The van der Waals surface area contributed by atoms with Crippen LogP contribution in [0.3, 0.4) is 0 Å². The lowest BCUT2D eigenvalue weighted by Gasteiger charge is -2.11. The molecule has 2 aromatic carbocycles. The summed E-state index contributed by atoms with van der Waals surface area (Å²) in [6.45, 7) is 0.300. The molecule has 0 aliphatic carbocycles. The molecule has 118 valence electrons. The molecule has 22 heavy (non-hydrogen) atoms. The highest BCUT2D eigenvalue weighted by Crippen LogP contribution is 2.27. The molecule has 0 unspecified atom stereocenters. The third kappa shape index (κ3) is 4.13. The molecule has 0 atom stereocenters. The molecule has 6 heteroatoms. The van der Waals surface area contributed by atoms with Crippen molar-refractivity contribution in [2.75, 3.05) is 13.2 Å². The molecule has 0 aromatic heterocycles. The van der Waals surface area contributed by atoms with Gasteiger partial charge in [0.1, 0.15) is 5.82 Å². The Kier molecular flexibility index (Phi) is 5.65. The van der Waals surface area contributed by atoms with Crippen molar-refractivity contribution in [3.05, 3.63) is 54.3 Å². The van der Waals surface area contributed by atoms with Gasteiger partial charge < -0.3 is 5.11 Å². The maximum atomic E-state index is 13.0. The van der Waals surface area contributed by atoms with E-state index in [1.165, 1.54) is 18.2 Å². The van der Waals surface area contributed by atoms with Gasteiger partial charge in [-0.1, -0.05) is 30.3 Å². The summed E-state index contributed by atoms with van der Waals surface area (Å²) in [7, 11) is -3.66. The van der Waals surface area contributed by atoms with E-state index in [1.54, 1.807) is 30.3 Å². The zero-order chi connectivity index (χ0) is 16.0. The Morgan fingerprint density at radius 1 is 1.00 bits per heavy atom. The Morgan fingerprint density at radius 3 is 2.36 bits per heavy atom. The SMILES string of the molecule is O=S(=O)(NCCCCO)c1ccccc1-c1ccc(F)cc1. The van der Waals surface area contributed by atoms with Gasteiger partial charge in [-0.15, -0.1) is 0 Å². The predicted molar refractivity (Wildman–Crippen MR) is 83.3 cm³/mol. The number of unbranched alkanes of at least 4 members (excludes halogenated alkanes) is 1. The van der Waals surface area contributed by atoms with E-state index >= 15 is 0 Å². The van der Waals surface area contributed by atoms with Crippen LogP contribution in [0, 0.1) is 5.82 Å². The van der Waals surface area contributed by atoms with Gasteiger partial charge in [0.2, 0.25) is 10.0 Å². The number of aliphatic hydroxyl groups is 1. The monoisotopic (exact) mass is 323 g/mol. The van der Waals surface area contributed by atoms with Gasteiger partial charge in [-0.2, -0.15) is 0 Å². The van der Waals surface area contributed by atoms with Crippen molar-refractivity contribution in [2.24, 2.45) is 0 Å². The largest absolute Gasteiger partial charge is 0.396 e. The van der Waals surface area contributed by atoms with Crippen molar-refractivity contribution in [3.63, 3.8) is 0 Å². The van der Waals surface area contributed by atoms with E-state index in [4.69, 9.17) is 5.11 Å². The van der Waals surface area contributed by atoms with Crippen LogP contribution in [0.15, 0.2) is 53.4 Å². The molecule has 0 saturated heterocycles. The summed E-state index contributed by atoms with van der Waals surface area (Å²) < 4.78 is 40.4. The number of hydrogen-bond acceptors (Lipinski definition) is 3. The quantitative estimate of drug-likeness (QED) is 0.770. The minimum absolute atomic E-state index is 0.0356. The first-order chi connectivity index (χ1) is 10.5. The smallest absolute Gasteiger partial charge is 0.241 e. The van der Waals surface area contributed by atoms with Gasteiger partial charge in [0.05, 0.1) is 4.90 Å². The molecule has 0 aliphatic rings. The van der Waals surface area contributed by atoms with Crippen molar-refractivity contribution >= 4 is 10.0 Å². The van der Waals surface area contributed by atoms with Gasteiger partial charge in [-0.3, -0.25) is 0 Å². The van der Waals surface area contributed by atoms with E-state index in [-0.39, 0.29) is 23.9 Å². The van der Waals surface area contributed by atoms with Gasteiger partial charge in [0.15, 0.2) is 0 Å². The maximum absolute atomic E-state index is 13.0. The minimum atomic E-state index is -3.66. The third-order valence-electron chi connectivity index (χ3n) is 3.21. The van der Waals surface area contributed by atoms with Crippen LogP contribution in [0.1, 0.15) is 12.8 Å². The number of aliphatic hydroxyl groups excluding tert-OH is 1. The molecular weight excluding hydrogens is 305 g/mol. The lowest BCUT2D eigenvalue weighted by Crippen LogP contribution is -2.25. The summed E-state index contributed by atoms with van der Waals surface area (Å²) in [5, 5.41) is 8.72. The molecule has 2 rings (SSSR count). The van der Waals surface area contributed by atoms with E-state index in [0.29, 0.717) is 24.0 Å². The molecule has 0 heterocycles. The summed E-state index contributed by atoms with van der Waals surface area (Å²) >= 11 is 0.